The third-order valence-electron chi connectivity index (χ3n) is 3.54. The number of carbonyl (C=O) groups excluding carboxylic acids is 1. The molecule has 2 rings (SSSR count). The van der Waals surface area contributed by atoms with Crippen LogP contribution in [0.2, 0.25) is 0 Å². The molecule has 1 aliphatic rings. The molecular formula is C13H21N3O2. The second kappa shape index (κ2) is 5.52. The number of nitrogens with one attached hydrogen (secondary N) is 1. The molecule has 1 aromatic heterocycles. The Kier molecular flexibility index (Phi) is 4.01. The number of hydrogen-bond acceptors (Lipinski definition) is 4. The summed E-state index contributed by atoms with van der Waals surface area (Å²) in [5.74, 6) is 1.21. The van der Waals surface area contributed by atoms with Crippen LogP contribution in [0.25, 0.3) is 0 Å². The quantitative estimate of drug-likeness (QED) is 0.808. The molecule has 1 aliphatic carbocycles. The van der Waals surface area contributed by atoms with Crippen molar-refractivity contribution in [2.24, 2.45) is 17.6 Å². The van der Waals surface area contributed by atoms with Crippen LogP contribution in [0.5, 0.6) is 0 Å². The molecule has 3 N–H and O–H groups in total. The zero-order chi connectivity index (χ0) is 13.1. The van der Waals surface area contributed by atoms with Crippen LogP contribution in [-0.4, -0.2) is 17.4 Å². The topological polar surface area (TPSA) is 81.1 Å². The average Bonchev–Trinajstić information content (AvgIpc) is 3.08. The summed E-state index contributed by atoms with van der Waals surface area (Å²) in [5, 5.41) is 2.85. The highest BCUT2D eigenvalue weighted by Crippen LogP contribution is 2.27. The van der Waals surface area contributed by atoms with Gasteiger partial charge in [-0.15, -0.1) is 0 Å². The van der Waals surface area contributed by atoms with Crippen LogP contribution in [0, 0.1) is 11.8 Å². The van der Waals surface area contributed by atoms with Gasteiger partial charge in [0.25, 0.3) is 5.91 Å². The van der Waals surface area contributed by atoms with Gasteiger partial charge in [0.15, 0.2) is 5.69 Å². The van der Waals surface area contributed by atoms with Gasteiger partial charge >= 0.3 is 0 Å². The largest absolute Gasteiger partial charge is 0.446 e. The van der Waals surface area contributed by atoms with Crippen molar-refractivity contribution in [2.75, 3.05) is 6.54 Å². The van der Waals surface area contributed by atoms with Crippen molar-refractivity contribution < 1.29 is 9.21 Å². The van der Waals surface area contributed by atoms with E-state index in [0.29, 0.717) is 17.5 Å². The van der Waals surface area contributed by atoms with Crippen LogP contribution >= 0.6 is 0 Å². The number of rotatable bonds is 6. The SMILES string of the molecule is CCC(C)C(N)c1nc(C(=O)NCC2CC2)co1. The number of nitrogens with zero attached hydrogens (tertiary/aromatic N) is 1. The first kappa shape index (κ1) is 13.1. The summed E-state index contributed by atoms with van der Waals surface area (Å²) in [6.45, 7) is 4.84. The molecule has 0 radical (unpaired) electrons. The van der Waals surface area contributed by atoms with Gasteiger partial charge in [0.2, 0.25) is 5.89 Å². The Morgan fingerprint density at radius 3 is 3.00 bits per heavy atom. The fourth-order valence-corrected chi connectivity index (χ4v) is 1.69. The summed E-state index contributed by atoms with van der Waals surface area (Å²) >= 11 is 0. The van der Waals surface area contributed by atoms with Gasteiger partial charge in [-0.25, -0.2) is 4.98 Å². The minimum absolute atomic E-state index is 0.173. The van der Waals surface area contributed by atoms with Crippen molar-refractivity contribution in [3.8, 4) is 0 Å². The lowest BCUT2D eigenvalue weighted by atomic mass is 10.0. The average molecular weight is 251 g/mol. The van der Waals surface area contributed by atoms with Gasteiger partial charge in [-0.05, 0) is 24.7 Å². The van der Waals surface area contributed by atoms with Gasteiger partial charge < -0.3 is 15.5 Å². The molecule has 0 saturated heterocycles. The van der Waals surface area contributed by atoms with E-state index in [1.54, 1.807) is 0 Å². The molecule has 2 atom stereocenters. The lowest BCUT2D eigenvalue weighted by molar-refractivity contribution is 0.0946. The minimum atomic E-state index is -0.250. The van der Waals surface area contributed by atoms with Gasteiger partial charge in [-0.3, -0.25) is 4.79 Å². The van der Waals surface area contributed by atoms with Crippen molar-refractivity contribution in [2.45, 2.75) is 39.2 Å². The van der Waals surface area contributed by atoms with Gasteiger partial charge in [0.1, 0.15) is 6.26 Å². The predicted octanol–water partition coefficient (Wildman–Crippen LogP) is 1.86. The van der Waals surface area contributed by atoms with Crippen LogP contribution in [0.3, 0.4) is 0 Å². The van der Waals surface area contributed by atoms with Crippen LogP contribution in [0.4, 0.5) is 0 Å². The highest BCUT2D eigenvalue weighted by atomic mass is 16.3. The molecular weight excluding hydrogens is 230 g/mol. The van der Waals surface area contributed by atoms with E-state index in [2.05, 4.69) is 17.2 Å². The maximum absolute atomic E-state index is 11.8. The first-order chi connectivity index (χ1) is 8.61. The molecule has 2 unspecified atom stereocenters. The van der Waals surface area contributed by atoms with Gasteiger partial charge in [-0.2, -0.15) is 0 Å². The maximum atomic E-state index is 11.8. The molecule has 0 aromatic carbocycles. The third kappa shape index (κ3) is 3.10. The number of hydrogen-bond donors (Lipinski definition) is 2. The Hall–Kier alpha value is -1.36. The molecule has 1 fully saturated rings. The predicted molar refractivity (Wildman–Crippen MR) is 67.9 cm³/mol. The van der Waals surface area contributed by atoms with Gasteiger partial charge in [0.05, 0.1) is 6.04 Å². The summed E-state index contributed by atoms with van der Waals surface area (Å²) in [7, 11) is 0. The molecule has 1 aromatic rings. The second-order valence-corrected chi connectivity index (χ2v) is 5.14. The molecule has 1 heterocycles. The Morgan fingerprint density at radius 1 is 1.67 bits per heavy atom. The lowest BCUT2D eigenvalue weighted by Crippen LogP contribution is -2.26. The third-order valence-corrected chi connectivity index (χ3v) is 3.54. The Bertz CT molecular complexity index is 412. The lowest BCUT2D eigenvalue weighted by Gasteiger charge is -2.13. The van der Waals surface area contributed by atoms with Gasteiger partial charge in [0, 0.05) is 6.54 Å². The van der Waals surface area contributed by atoms with Crippen molar-refractivity contribution in [1.82, 2.24) is 10.3 Å². The summed E-state index contributed by atoms with van der Waals surface area (Å²) in [6, 6.07) is -0.250. The standard InChI is InChI=1S/C13H21N3O2/c1-3-8(2)11(14)13-16-10(7-18-13)12(17)15-6-9-4-5-9/h7-9,11H,3-6,14H2,1-2H3,(H,15,17). The number of oxazole rings is 1. The number of carbonyl (C=O) groups is 1. The zero-order valence-corrected chi connectivity index (χ0v) is 11.0. The first-order valence-corrected chi connectivity index (χ1v) is 6.61. The normalized spacial score (nSPS) is 18.4. The minimum Gasteiger partial charge on any atom is -0.446 e. The molecule has 0 bridgehead atoms. The summed E-state index contributed by atoms with van der Waals surface area (Å²) in [5.41, 5.74) is 6.33. The van der Waals surface area contributed by atoms with Gasteiger partial charge in [-0.1, -0.05) is 20.3 Å². The van der Waals surface area contributed by atoms with Crippen molar-refractivity contribution in [3.05, 3.63) is 17.8 Å². The van der Waals surface area contributed by atoms with E-state index in [-0.39, 0.29) is 17.9 Å². The molecule has 1 saturated carbocycles. The molecule has 5 heteroatoms. The molecule has 1 amide bonds. The molecule has 0 aliphatic heterocycles. The van der Waals surface area contributed by atoms with Crippen molar-refractivity contribution in [1.29, 1.82) is 0 Å². The monoisotopic (exact) mass is 251 g/mol. The highest BCUT2D eigenvalue weighted by molar-refractivity contribution is 5.91. The highest BCUT2D eigenvalue weighted by Gasteiger charge is 2.24. The first-order valence-electron chi connectivity index (χ1n) is 6.61. The summed E-state index contributed by atoms with van der Waals surface area (Å²) in [4.78, 5) is 16.0. The van der Waals surface area contributed by atoms with E-state index < -0.39 is 0 Å². The molecule has 100 valence electrons. The van der Waals surface area contributed by atoms with E-state index in [1.165, 1.54) is 19.1 Å². The fraction of sp³-hybridized carbons (Fsp3) is 0.692. The van der Waals surface area contributed by atoms with E-state index in [4.69, 9.17) is 10.2 Å². The Morgan fingerprint density at radius 2 is 2.39 bits per heavy atom. The van der Waals surface area contributed by atoms with Crippen LogP contribution in [0.15, 0.2) is 10.7 Å². The molecule has 5 nitrogen and oxygen atoms in total. The molecule has 0 spiro atoms. The van der Waals surface area contributed by atoms with E-state index in [0.717, 1.165) is 13.0 Å². The maximum Gasteiger partial charge on any atom is 0.273 e. The molecule has 18 heavy (non-hydrogen) atoms. The second-order valence-electron chi connectivity index (χ2n) is 5.14. The van der Waals surface area contributed by atoms with E-state index in [9.17, 15) is 4.79 Å². The van der Waals surface area contributed by atoms with Crippen molar-refractivity contribution in [3.63, 3.8) is 0 Å². The van der Waals surface area contributed by atoms with E-state index >= 15 is 0 Å². The number of amides is 1. The van der Waals surface area contributed by atoms with E-state index in [1.807, 2.05) is 6.92 Å². The fourth-order valence-electron chi connectivity index (χ4n) is 1.69. The zero-order valence-electron chi connectivity index (χ0n) is 11.0. The Labute approximate surface area is 107 Å². The van der Waals surface area contributed by atoms with Crippen LogP contribution < -0.4 is 11.1 Å². The summed E-state index contributed by atoms with van der Waals surface area (Å²) in [6.07, 6.45) is 4.76. The number of aromatic nitrogens is 1. The van der Waals surface area contributed by atoms with Crippen molar-refractivity contribution >= 4 is 5.91 Å². The smallest absolute Gasteiger partial charge is 0.273 e. The number of nitrogens with two attached hydrogens (primary N) is 1. The van der Waals surface area contributed by atoms with Crippen LogP contribution in [0.1, 0.15) is 55.5 Å². The summed E-state index contributed by atoms with van der Waals surface area (Å²) < 4.78 is 5.30. The Balaban J connectivity index is 1.93. The van der Waals surface area contributed by atoms with Crippen LogP contribution in [-0.2, 0) is 0 Å².